The molecule has 1 unspecified atom stereocenters. The molecule has 1 aromatic heterocycles. The van der Waals surface area contributed by atoms with Crippen LogP contribution in [0.25, 0.3) is 0 Å². The van der Waals surface area contributed by atoms with Crippen LogP contribution in [0.4, 0.5) is 0 Å². The number of nitrogens with one attached hydrogen (secondary N) is 1. The fraction of sp³-hybridized carbons (Fsp3) is 0.231. The van der Waals surface area contributed by atoms with Crippen molar-refractivity contribution in [1.29, 1.82) is 0 Å². The second-order valence-electron chi connectivity index (χ2n) is 4.12. The summed E-state index contributed by atoms with van der Waals surface area (Å²) in [5.41, 5.74) is 6.15. The fourth-order valence-corrected chi connectivity index (χ4v) is 2.11. The SMILES string of the molecule is Cn1ccnc1C(NC(=O)CN)c1ccccc1Cl. The Hall–Kier alpha value is -1.85. The van der Waals surface area contributed by atoms with Gasteiger partial charge in [0, 0.05) is 30.0 Å². The Bertz CT molecular complexity index is 582. The van der Waals surface area contributed by atoms with Crippen LogP contribution in [0.2, 0.25) is 5.02 Å². The number of benzene rings is 1. The van der Waals surface area contributed by atoms with E-state index in [2.05, 4.69) is 10.3 Å². The first-order chi connectivity index (χ1) is 9.13. The van der Waals surface area contributed by atoms with Gasteiger partial charge in [-0.2, -0.15) is 0 Å². The van der Waals surface area contributed by atoms with Crippen molar-refractivity contribution in [3.8, 4) is 0 Å². The highest BCUT2D eigenvalue weighted by atomic mass is 35.5. The topological polar surface area (TPSA) is 72.9 Å². The minimum atomic E-state index is -0.412. The van der Waals surface area contributed by atoms with E-state index < -0.39 is 6.04 Å². The van der Waals surface area contributed by atoms with Gasteiger partial charge >= 0.3 is 0 Å². The number of hydrogen-bond acceptors (Lipinski definition) is 3. The van der Waals surface area contributed by atoms with Crippen molar-refractivity contribution >= 4 is 17.5 Å². The molecule has 1 heterocycles. The van der Waals surface area contributed by atoms with Crippen molar-refractivity contribution < 1.29 is 4.79 Å². The molecular weight excluding hydrogens is 264 g/mol. The molecule has 1 amide bonds. The number of hydrogen-bond donors (Lipinski definition) is 2. The Labute approximate surface area is 116 Å². The van der Waals surface area contributed by atoms with E-state index in [1.807, 2.05) is 36.0 Å². The van der Waals surface area contributed by atoms with Crippen LogP contribution in [0.3, 0.4) is 0 Å². The smallest absolute Gasteiger partial charge is 0.234 e. The van der Waals surface area contributed by atoms with E-state index >= 15 is 0 Å². The summed E-state index contributed by atoms with van der Waals surface area (Å²) in [5.74, 6) is 0.447. The maximum absolute atomic E-state index is 11.6. The van der Waals surface area contributed by atoms with Crippen LogP contribution >= 0.6 is 11.6 Å². The van der Waals surface area contributed by atoms with Crippen LogP contribution in [0.5, 0.6) is 0 Å². The zero-order valence-corrected chi connectivity index (χ0v) is 11.3. The van der Waals surface area contributed by atoms with Gasteiger partial charge in [0.25, 0.3) is 0 Å². The number of imidazole rings is 1. The van der Waals surface area contributed by atoms with E-state index in [-0.39, 0.29) is 12.5 Å². The highest BCUT2D eigenvalue weighted by molar-refractivity contribution is 6.31. The van der Waals surface area contributed by atoms with Crippen LogP contribution in [0.15, 0.2) is 36.7 Å². The average molecular weight is 279 g/mol. The van der Waals surface area contributed by atoms with Gasteiger partial charge in [-0.15, -0.1) is 0 Å². The van der Waals surface area contributed by atoms with E-state index in [0.29, 0.717) is 10.8 Å². The molecule has 0 aliphatic heterocycles. The maximum Gasteiger partial charge on any atom is 0.234 e. The van der Waals surface area contributed by atoms with E-state index in [0.717, 1.165) is 5.56 Å². The molecule has 0 saturated heterocycles. The standard InChI is InChI=1S/C13H15ClN4O/c1-18-7-6-16-13(18)12(17-11(19)8-15)9-4-2-3-5-10(9)14/h2-7,12H,8,15H2,1H3,(H,17,19). The lowest BCUT2D eigenvalue weighted by molar-refractivity contribution is -0.120. The Balaban J connectivity index is 2.43. The summed E-state index contributed by atoms with van der Waals surface area (Å²) in [6.45, 7) is -0.0780. The van der Waals surface area contributed by atoms with Gasteiger partial charge in [0.2, 0.25) is 5.91 Å². The van der Waals surface area contributed by atoms with E-state index in [9.17, 15) is 4.79 Å². The molecule has 2 aromatic rings. The molecule has 0 fully saturated rings. The summed E-state index contributed by atoms with van der Waals surface area (Å²) in [5, 5.41) is 3.41. The van der Waals surface area contributed by atoms with Crippen molar-refractivity contribution in [2.75, 3.05) is 6.54 Å². The number of amides is 1. The normalized spacial score (nSPS) is 12.2. The van der Waals surface area contributed by atoms with Crippen molar-refractivity contribution in [2.45, 2.75) is 6.04 Å². The van der Waals surface area contributed by atoms with Crippen molar-refractivity contribution in [2.24, 2.45) is 12.8 Å². The van der Waals surface area contributed by atoms with Gasteiger partial charge in [-0.05, 0) is 6.07 Å². The number of carbonyl (C=O) groups excluding carboxylic acids is 1. The molecule has 5 nitrogen and oxygen atoms in total. The number of rotatable bonds is 4. The number of nitrogens with two attached hydrogens (primary N) is 1. The largest absolute Gasteiger partial charge is 0.341 e. The predicted molar refractivity (Wildman–Crippen MR) is 73.7 cm³/mol. The third-order valence-electron chi connectivity index (χ3n) is 2.82. The van der Waals surface area contributed by atoms with Gasteiger partial charge in [-0.25, -0.2) is 4.98 Å². The number of aryl methyl sites for hydroxylation is 1. The zero-order chi connectivity index (χ0) is 13.8. The lowest BCUT2D eigenvalue weighted by Gasteiger charge is -2.19. The summed E-state index contributed by atoms with van der Waals surface area (Å²) >= 11 is 6.20. The van der Waals surface area contributed by atoms with E-state index in [1.54, 1.807) is 12.3 Å². The Morgan fingerprint density at radius 2 is 2.26 bits per heavy atom. The predicted octanol–water partition coefficient (Wildman–Crippen LogP) is 1.24. The Morgan fingerprint density at radius 3 is 2.84 bits per heavy atom. The van der Waals surface area contributed by atoms with E-state index in [4.69, 9.17) is 17.3 Å². The van der Waals surface area contributed by atoms with Crippen LogP contribution in [0.1, 0.15) is 17.4 Å². The van der Waals surface area contributed by atoms with Gasteiger partial charge in [-0.3, -0.25) is 4.79 Å². The van der Waals surface area contributed by atoms with Crippen molar-refractivity contribution in [1.82, 2.24) is 14.9 Å². The van der Waals surface area contributed by atoms with Gasteiger partial charge in [-0.1, -0.05) is 29.8 Å². The monoisotopic (exact) mass is 278 g/mol. The number of carbonyl (C=O) groups is 1. The van der Waals surface area contributed by atoms with Crippen molar-refractivity contribution in [3.05, 3.63) is 53.1 Å². The first-order valence-corrected chi connectivity index (χ1v) is 6.22. The summed E-state index contributed by atoms with van der Waals surface area (Å²) < 4.78 is 1.84. The van der Waals surface area contributed by atoms with Crippen LogP contribution in [-0.2, 0) is 11.8 Å². The fourth-order valence-electron chi connectivity index (χ4n) is 1.87. The minimum absolute atomic E-state index is 0.0780. The lowest BCUT2D eigenvalue weighted by atomic mass is 10.1. The van der Waals surface area contributed by atoms with Crippen LogP contribution in [-0.4, -0.2) is 22.0 Å². The molecule has 1 aromatic carbocycles. The van der Waals surface area contributed by atoms with Gasteiger partial charge in [0.05, 0.1) is 6.54 Å². The third kappa shape index (κ3) is 2.94. The summed E-state index contributed by atoms with van der Waals surface area (Å²) in [6.07, 6.45) is 3.49. The second-order valence-corrected chi connectivity index (χ2v) is 4.53. The molecule has 0 saturated carbocycles. The second kappa shape index (κ2) is 5.86. The first-order valence-electron chi connectivity index (χ1n) is 5.84. The lowest BCUT2D eigenvalue weighted by Crippen LogP contribution is -2.35. The molecule has 2 rings (SSSR count). The highest BCUT2D eigenvalue weighted by Crippen LogP contribution is 2.26. The van der Waals surface area contributed by atoms with Crippen LogP contribution < -0.4 is 11.1 Å². The van der Waals surface area contributed by atoms with Gasteiger partial charge < -0.3 is 15.6 Å². The molecule has 0 bridgehead atoms. The molecule has 19 heavy (non-hydrogen) atoms. The summed E-state index contributed by atoms with van der Waals surface area (Å²) in [4.78, 5) is 15.9. The third-order valence-corrected chi connectivity index (χ3v) is 3.17. The quantitative estimate of drug-likeness (QED) is 0.884. The molecular formula is C13H15ClN4O. The molecule has 0 aliphatic rings. The molecule has 3 N–H and O–H groups in total. The van der Waals surface area contributed by atoms with Crippen molar-refractivity contribution in [3.63, 3.8) is 0 Å². The van der Waals surface area contributed by atoms with E-state index in [1.165, 1.54) is 0 Å². The zero-order valence-electron chi connectivity index (χ0n) is 10.5. The number of halogens is 1. The maximum atomic E-state index is 11.6. The van der Waals surface area contributed by atoms with Gasteiger partial charge in [0.15, 0.2) is 0 Å². The Kier molecular flexibility index (Phi) is 4.19. The summed E-state index contributed by atoms with van der Waals surface area (Å²) in [7, 11) is 1.86. The molecule has 0 aliphatic carbocycles. The molecule has 100 valence electrons. The molecule has 6 heteroatoms. The number of aromatic nitrogens is 2. The molecule has 1 atom stereocenters. The molecule has 0 radical (unpaired) electrons. The minimum Gasteiger partial charge on any atom is -0.341 e. The van der Waals surface area contributed by atoms with Crippen LogP contribution in [0, 0.1) is 0 Å². The summed E-state index contributed by atoms with van der Waals surface area (Å²) in [6, 6.07) is 6.93. The number of nitrogens with zero attached hydrogens (tertiary/aromatic N) is 2. The Morgan fingerprint density at radius 1 is 1.53 bits per heavy atom. The van der Waals surface area contributed by atoms with Gasteiger partial charge in [0.1, 0.15) is 11.9 Å². The highest BCUT2D eigenvalue weighted by Gasteiger charge is 2.22. The average Bonchev–Trinajstić information content (AvgIpc) is 2.83. The molecule has 0 spiro atoms. The first kappa shape index (κ1) is 13.6.